The summed E-state index contributed by atoms with van der Waals surface area (Å²) in [4.78, 5) is 12.1. The third-order valence-corrected chi connectivity index (χ3v) is 2.42. The Morgan fingerprint density at radius 3 is 2.81 bits per heavy atom. The van der Waals surface area contributed by atoms with Gasteiger partial charge in [0.1, 0.15) is 11.3 Å². The second-order valence-corrected chi connectivity index (χ2v) is 3.49. The number of rotatable bonds is 2. The van der Waals surface area contributed by atoms with Crippen LogP contribution in [0.25, 0.3) is 17.0 Å². The Bertz CT molecular complexity index is 618. The number of hydrogen-bond donors (Lipinski definition) is 0. The molecule has 0 aliphatic heterocycles. The van der Waals surface area contributed by atoms with Gasteiger partial charge < -0.3 is 4.42 Å². The summed E-state index contributed by atoms with van der Waals surface area (Å²) < 4.78 is 5.59. The van der Waals surface area contributed by atoms with Gasteiger partial charge in [0.05, 0.1) is 10.9 Å². The third-order valence-electron chi connectivity index (χ3n) is 2.42. The number of benzene rings is 1. The molecule has 0 fully saturated rings. The van der Waals surface area contributed by atoms with Crippen LogP contribution in [0.1, 0.15) is 11.3 Å². The van der Waals surface area contributed by atoms with Crippen molar-refractivity contribution in [2.45, 2.75) is 6.92 Å². The van der Waals surface area contributed by atoms with E-state index in [2.05, 4.69) is 6.58 Å². The molecule has 0 radical (unpaired) electrons. The summed E-state index contributed by atoms with van der Waals surface area (Å²) in [6.45, 7) is 5.37. The van der Waals surface area contributed by atoms with Crippen molar-refractivity contribution in [2.75, 3.05) is 0 Å². The van der Waals surface area contributed by atoms with E-state index in [0.717, 1.165) is 0 Å². The van der Waals surface area contributed by atoms with Gasteiger partial charge in [0.25, 0.3) is 0 Å². The zero-order chi connectivity index (χ0) is 11.5. The van der Waals surface area contributed by atoms with Crippen molar-refractivity contribution in [3.05, 3.63) is 64.5 Å². The number of hydrogen-bond acceptors (Lipinski definition) is 2. The lowest BCUT2D eigenvalue weighted by Crippen LogP contribution is -2.07. The van der Waals surface area contributed by atoms with Gasteiger partial charge in [0.2, 0.25) is 0 Å². The van der Waals surface area contributed by atoms with E-state index in [1.807, 2.05) is 12.1 Å². The molecule has 0 N–H and O–H groups in total. The van der Waals surface area contributed by atoms with E-state index in [4.69, 9.17) is 4.42 Å². The Labute approximate surface area is 93.5 Å². The molecule has 0 amide bonds. The normalized spacial score (nSPS) is 11.1. The zero-order valence-corrected chi connectivity index (χ0v) is 9.07. The fourth-order valence-electron chi connectivity index (χ4n) is 1.63. The van der Waals surface area contributed by atoms with Crippen LogP contribution in [-0.2, 0) is 0 Å². The highest BCUT2D eigenvalue weighted by molar-refractivity contribution is 5.79. The van der Waals surface area contributed by atoms with Crippen molar-refractivity contribution in [2.24, 2.45) is 0 Å². The van der Waals surface area contributed by atoms with E-state index >= 15 is 0 Å². The molecule has 0 unspecified atom stereocenters. The van der Waals surface area contributed by atoms with Crippen LogP contribution >= 0.6 is 0 Å². The van der Waals surface area contributed by atoms with Crippen molar-refractivity contribution < 1.29 is 4.42 Å². The molecule has 0 bridgehead atoms. The molecule has 2 aromatic rings. The maximum Gasteiger partial charge on any atom is 0.200 e. The highest BCUT2D eigenvalue weighted by Gasteiger charge is 2.07. The van der Waals surface area contributed by atoms with Gasteiger partial charge >= 0.3 is 0 Å². The van der Waals surface area contributed by atoms with Crippen molar-refractivity contribution in [3.8, 4) is 0 Å². The number of aryl methyl sites for hydroxylation is 1. The van der Waals surface area contributed by atoms with Crippen LogP contribution in [-0.4, -0.2) is 0 Å². The summed E-state index contributed by atoms with van der Waals surface area (Å²) in [5.41, 5.74) is 1.21. The summed E-state index contributed by atoms with van der Waals surface area (Å²) in [5.74, 6) is 0.627. The molecule has 0 aliphatic rings. The Hall–Kier alpha value is -2.09. The van der Waals surface area contributed by atoms with Gasteiger partial charge in [-0.2, -0.15) is 0 Å². The van der Waals surface area contributed by atoms with Crippen molar-refractivity contribution in [1.82, 2.24) is 0 Å². The monoisotopic (exact) mass is 212 g/mol. The molecule has 0 saturated carbocycles. The Morgan fingerprint density at radius 2 is 2.06 bits per heavy atom. The second-order valence-electron chi connectivity index (χ2n) is 3.49. The van der Waals surface area contributed by atoms with Crippen molar-refractivity contribution in [1.29, 1.82) is 0 Å². The molecular formula is C14H12O2. The maximum absolute atomic E-state index is 12.1. The summed E-state index contributed by atoms with van der Waals surface area (Å²) in [6.07, 6.45) is 5.09. The number of allylic oxidation sites excluding steroid dienone is 2. The molecule has 1 aromatic carbocycles. The van der Waals surface area contributed by atoms with Crippen molar-refractivity contribution in [3.63, 3.8) is 0 Å². The van der Waals surface area contributed by atoms with E-state index in [0.29, 0.717) is 22.3 Å². The van der Waals surface area contributed by atoms with E-state index in [-0.39, 0.29) is 5.43 Å². The van der Waals surface area contributed by atoms with Crippen LogP contribution in [0.3, 0.4) is 0 Å². The Balaban J connectivity index is 2.80. The van der Waals surface area contributed by atoms with Gasteiger partial charge in [0, 0.05) is 0 Å². The first kappa shape index (κ1) is 10.4. The largest absolute Gasteiger partial charge is 0.460 e. The molecule has 0 atom stereocenters. The van der Waals surface area contributed by atoms with Gasteiger partial charge in [-0.25, -0.2) is 0 Å². The average molecular weight is 212 g/mol. The number of para-hydroxylation sites is 1. The Kier molecular flexibility index (Phi) is 2.73. The van der Waals surface area contributed by atoms with Gasteiger partial charge in [0.15, 0.2) is 5.43 Å². The fourth-order valence-corrected chi connectivity index (χ4v) is 1.63. The van der Waals surface area contributed by atoms with Crippen LogP contribution in [0.4, 0.5) is 0 Å². The van der Waals surface area contributed by atoms with Gasteiger partial charge in [-0.05, 0) is 25.1 Å². The molecule has 2 nitrogen and oxygen atoms in total. The van der Waals surface area contributed by atoms with Crippen LogP contribution in [0, 0.1) is 6.92 Å². The fraction of sp³-hybridized carbons (Fsp3) is 0.0714. The molecule has 0 spiro atoms. The van der Waals surface area contributed by atoms with E-state index in [1.54, 1.807) is 37.3 Å². The van der Waals surface area contributed by atoms with Gasteiger partial charge in [-0.1, -0.05) is 30.9 Å². The second kappa shape index (κ2) is 4.19. The minimum atomic E-state index is -0.00236. The van der Waals surface area contributed by atoms with E-state index in [9.17, 15) is 4.79 Å². The average Bonchev–Trinajstić information content (AvgIpc) is 2.29. The molecule has 1 aromatic heterocycles. The first-order chi connectivity index (χ1) is 7.74. The smallest absolute Gasteiger partial charge is 0.200 e. The van der Waals surface area contributed by atoms with Crippen LogP contribution in [0.5, 0.6) is 0 Å². The standard InChI is InChI=1S/C14H12O2/c1-3-4-7-11-10(2)16-13-9-6-5-8-12(13)14(11)15/h3-9H,1H2,2H3/b7-4-. The lowest BCUT2D eigenvalue weighted by atomic mass is 10.1. The zero-order valence-electron chi connectivity index (χ0n) is 9.07. The Morgan fingerprint density at radius 1 is 1.31 bits per heavy atom. The summed E-state index contributed by atoms with van der Waals surface area (Å²) in [7, 11) is 0. The highest BCUT2D eigenvalue weighted by Crippen LogP contribution is 2.15. The molecule has 1 heterocycles. The SMILES string of the molecule is C=C/C=C\c1c(C)oc2ccccc2c1=O. The van der Waals surface area contributed by atoms with E-state index in [1.165, 1.54) is 0 Å². The summed E-state index contributed by atoms with van der Waals surface area (Å²) in [6, 6.07) is 7.25. The minimum Gasteiger partial charge on any atom is -0.460 e. The maximum atomic E-state index is 12.1. The minimum absolute atomic E-state index is 0.00236. The van der Waals surface area contributed by atoms with Crippen LogP contribution in [0.2, 0.25) is 0 Å². The van der Waals surface area contributed by atoms with Crippen LogP contribution in [0.15, 0.2) is 52.2 Å². The molecular weight excluding hydrogens is 200 g/mol. The van der Waals surface area contributed by atoms with E-state index < -0.39 is 0 Å². The lowest BCUT2D eigenvalue weighted by molar-refractivity contribution is 0.563. The third kappa shape index (κ3) is 1.70. The molecule has 16 heavy (non-hydrogen) atoms. The molecule has 2 heteroatoms. The predicted molar refractivity (Wildman–Crippen MR) is 66.5 cm³/mol. The number of fused-ring (bicyclic) bond motifs is 1. The first-order valence-corrected chi connectivity index (χ1v) is 5.05. The highest BCUT2D eigenvalue weighted by atomic mass is 16.3. The molecule has 80 valence electrons. The molecule has 2 rings (SSSR count). The predicted octanol–water partition coefficient (Wildman–Crippen LogP) is 3.30. The van der Waals surface area contributed by atoms with Crippen molar-refractivity contribution >= 4 is 17.0 Å². The topological polar surface area (TPSA) is 30.2 Å². The quantitative estimate of drug-likeness (QED) is 0.715. The first-order valence-electron chi connectivity index (χ1n) is 5.05. The summed E-state index contributed by atoms with van der Waals surface area (Å²) in [5, 5.41) is 0.608. The molecule has 0 aliphatic carbocycles. The van der Waals surface area contributed by atoms with Gasteiger partial charge in [-0.15, -0.1) is 0 Å². The lowest BCUT2D eigenvalue weighted by Gasteiger charge is -2.02. The van der Waals surface area contributed by atoms with Gasteiger partial charge in [-0.3, -0.25) is 4.79 Å². The molecule has 0 saturated heterocycles. The van der Waals surface area contributed by atoms with Crippen LogP contribution < -0.4 is 5.43 Å². The summed E-state index contributed by atoms with van der Waals surface area (Å²) >= 11 is 0.